The molecule has 0 saturated heterocycles. The van der Waals surface area contributed by atoms with Gasteiger partial charge in [0.1, 0.15) is 4.92 Å². The fraction of sp³-hybridized carbons (Fsp3) is 0.852. The van der Waals surface area contributed by atoms with Gasteiger partial charge in [0.25, 0.3) is 0 Å². The largest absolute Gasteiger partial charge is 0.444 e. The molecule has 1 amide bonds. The topological polar surface area (TPSA) is 77.3 Å². The molecule has 3 rings (SSSR count). The summed E-state index contributed by atoms with van der Waals surface area (Å²) in [5.74, 6) is 1.50. The molecule has 0 aliphatic heterocycles. The van der Waals surface area contributed by atoms with Crippen LogP contribution in [0.2, 0.25) is 0 Å². The van der Waals surface area contributed by atoms with Gasteiger partial charge in [-0.15, -0.1) is 0 Å². The van der Waals surface area contributed by atoms with Crippen molar-refractivity contribution in [3.05, 3.63) is 22.3 Å². The smallest absolute Gasteiger partial charge is 0.294 e. The quantitative estimate of drug-likeness (QED) is 0.310. The van der Waals surface area contributed by atoms with Crippen molar-refractivity contribution in [1.29, 1.82) is 0 Å². The molecule has 0 N–H and O–H groups in total. The molecule has 0 bridgehead atoms. The third-order valence-electron chi connectivity index (χ3n) is 9.73. The molecule has 0 heterocycles. The molecule has 0 spiro atoms. The summed E-state index contributed by atoms with van der Waals surface area (Å²) in [4.78, 5) is 35.9. The van der Waals surface area contributed by atoms with Crippen molar-refractivity contribution in [2.24, 2.45) is 46.3 Å². The minimum atomic E-state index is -0.875. The summed E-state index contributed by atoms with van der Waals surface area (Å²) >= 11 is 0. The van der Waals surface area contributed by atoms with E-state index in [0.29, 0.717) is 17.8 Å². The first-order valence-electron chi connectivity index (χ1n) is 12.9. The van der Waals surface area contributed by atoms with Crippen LogP contribution >= 0.6 is 0 Å². The van der Waals surface area contributed by atoms with E-state index in [1.165, 1.54) is 19.3 Å². The molecular weight excluding hydrogens is 402 g/mol. The van der Waals surface area contributed by atoms with E-state index in [1.54, 1.807) is 6.08 Å². The zero-order chi connectivity index (χ0) is 23.7. The van der Waals surface area contributed by atoms with Crippen LogP contribution < -0.4 is 0 Å². The van der Waals surface area contributed by atoms with Crippen molar-refractivity contribution in [3.63, 3.8) is 0 Å². The lowest BCUT2D eigenvalue weighted by Gasteiger charge is -2.54. The first-order chi connectivity index (χ1) is 15.0. The van der Waals surface area contributed by atoms with Crippen LogP contribution in [0.5, 0.6) is 0 Å². The summed E-state index contributed by atoms with van der Waals surface area (Å²) in [5.41, 5.74) is -0.391. The highest BCUT2D eigenvalue weighted by Gasteiger charge is 2.59. The second kappa shape index (κ2) is 9.77. The summed E-state index contributed by atoms with van der Waals surface area (Å²) in [5, 5.41) is 11.3. The average Bonchev–Trinajstić information content (AvgIpc) is 3.07. The minimum absolute atomic E-state index is 0.0149. The van der Waals surface area contributed by atoms with E-state index in [2.05, 4.69) is 34.6 Å². The van der Waals surface area contributed by atoms with Gasteiger partial charge in [0.15, 0.2) is 5.78 Å². The zero-order valence-electron chi connectivity index (χ0n) is 20.8. The van der Waals surface area contributed by atoms with Gasteiger partial charge in [-0.25, -0.2) is 4.79 Å². The molecule has 0 aromatic heterocycles. The summed E-state index contributed by atoms with van der Waals surface area (Å²) in [6, 6.07) is 0. The number of hydrogen-bond acceptors (Lipinski definition) is 4. The molecule has 5 nitrogen and oxygen atoms in total. The Labute approximate surface area is 193 Å². The number of allylic oxidation sites excluding steroid dienone is 2. The lowest BCUT2D eigenvalue weighted by atomic mass is 9.50. The van der Waals surface area contributed by atoms with Gasteiger partial charge in [-0.05, 0) is 85.5 Å². The number of amides is 1. The predicted molar refractivity (Wildman–Crippen MR) is 126 cm³/mol. The van der Waals surface area contributed by atoms with Crippen molar-refractivity contribution >= 4 is 11.7 Å². The molecule has 0 radical (unpaired) electrons. The Kier molecular flexibility index (Phi) is 7.66. The monoisotopic (exact) mass is 445 g/mol. The van der Waals surface area contributed by atoms with E-state index in [1.807, 2.05) is 6.08 Å². The van der Waals surface area contributed by atoms with Gasteiger partial charge >= 0.3 is 5.91 Å². The van der Waals surface area contributed by atoms with Gasteiger partial charge < -0.3 is 0 Å². The number of carbonyl (C=O) groups is 2. The molecule has 0 unspecified atom stereocenters. The Morgan fingerprint density at radius 3 is 2.47 bits per heavy atom. The third-order valence-corrected chi connectivity index (χ3v) is 9.73. The summed E-state index contributed by atoms with van der Waals surface area (Å²) in [6.45, 7) is 11.4. The van der Waals surface area contributed by atoms with Crippen LogP contribution in [0.1, 0.15) is 98.8 Å². The van der Waals surface area contributed by atoms with Crippen LogP contribution in [0.3, 0.4) is 0 Å². The van der Waals surface area contributed by atoms with Crippen molar-refractivity contribution in [3.8, 4) is 0 Å². The fourth-order valence-electron chi connectivity index (χ4n) is 7.92. The highest BCUT2D eigenvalue weighted by Crippen LogP contribution is 2.64. The molecule has 0 aromatic carbocycles. The number of rotatable bonds is 8. The van der Waals surface area contributed by atoms with Crippen LogP contribution in [0, 0.1) is 56.5 Å². The summed E-state index contributed by atoms with van der Waals surface area (Å²) in [6.07, 6.45) is 13.2. The Morgan fingerprint density at radius 2 is 1.84 bits per heavy atom. The van der Waals surface area contributed by atoms with E-state index in [0.717, 1.165) is 44.4 Å². The second-order valence-electron chi connectivity index (χ2n) is 12.0. The molecule has 3 aliphatic carbocycles. The molecule has 32 heavy (non-hydrogen) atoms. The third kappa shape index (κ3) is 4.72. The van der Waals surface area contributed by atoms with Crippen LogP contribution in [-0.4, -0.2) is 16.6 Å². The maximum Gasteiger partial charge on any atom is 0.444 e. The Bertz CT molecular complexity index is 759. The van der Waals surface area contributed by atoms with Crippen molar-refractivity contribution < 1.29 is 14.5 Å². The molecule has 2 fully saturated rings. The summed E-state index contributed by atoms with van der Waals surface area (Å²) in [7, 11) is 0. The van der Waals surface area contributed by atoms with Gasteiger partial charge in [0, 0.05) is 5.41 Å². The lowest BCUT2D eigenvalue weighted by molar-refractivity contribution is -0.404. The average molecular weight is 446 g/mol. The first-order valence-corrected chi connectivity index (χ1v) is 12.9. The van der Waals surface area contributed by atoms with Gasteiger partial charge in [-0.1, -0.05) is 60.0 Å². The number of fused-ring (bicyclic) bond motifs is 1. The molecular formula is C27H43NO4. The SMILES string of the molecule is CC(C)CCC[C@@H](C)[C@H]1CC[C@H]2[C@H](CC(=O)[N+](=O)[O-])[C@@H]([C@@]3(C)CCC=CC3=O)CC[C@]12C. The van der Waals surface area contributed by atoms with Crippen LogP contribution in [0.15, 0.2) is 12.2 Å². The Morgan fingerprint density at radius 1 is 1.12 bits per heavy atom. The standard InChI is InChI=1S/C27H43NO4/c1-18(2)9-8-10-19(3)21-12-13-22-20(17-25(30)28(31)32)23(14-16-26(21,22)4)27(5)15-7-6-11-24(27)29/h6,11,18-23H,7-10,12-17H2,1-5H3/t19-,20+,21-,22+,23+,26-,27-/m1/s1. The van der Waals surface area contributed by atoms with Gasteiger partial charge in [-0.2, -0.15) is 0 Å². The van der Waals surface area contributed by atoms with Gasteiger partial charge in [0.2, 0.25) is 0 Å². The minimum Gasteiger partial charge on any atom is -0.294 e. The maximum absolute atomic E-state index is 13.0. The van der Waals surface area contributed by atoms with Crippen LogP contribution in [0.25, 0.3) is 0 Å². The molecule has 7 atom stereocenters. The number of ketones is 1. The first kappa shape index (κ1) is 25.1. The second-order valence-corrected chi connectivity index (χ2v) is 12.0. The number of carbonyl (C=O) groups excluding carboxylic acids is 2. The van der Waals surface area contributed by atoms with Crippen molar-refractivity contribution in [2.75, 3.05) is 0 Å². The highest BCUT2D eigenvalue weighted by atomic mass is 16.6. The van der Waals surface area contributed by atoms with Crippen molar-refractivity contribution in [1.82, 2.24) is 0 Å². The zero-order valence-corrected chi connectivity index (χ0v) is 20.8. The number of nitrogens with zero attached hydrogens (tertiary/aromatic N) is 1. The normalized spacial score (nSPS) is 38.0. The van der Waals surface area contributed by atoms with Crippen molar-refractivity contribution in [2.45, 2.75) is 98.8 Å². The molecule has 2 saturated carbocycles. The van der Waals surface area contributed by atoms with E-state index in [9.17, 15) is 19.7 Å². The maximum atomic E-state index is 13.0. The number of hydrogen-bond donors (Lipinski definition) is 0. The molecule has 180 valence electrons. The molecule has 3 aliphatic rings. The lowest BCUT2D eigenvalue weighted by Crippen LogP contribution is -2.50. The van der Waals surface area contributed by atoms with E-state index < -0.39 is 16.2 Å². The van der Waals surface area contributed by atoms with E-state index in [-0.39, 0.29) is 29.5 Å². The fourth-order valence-corrected chi connectivity index (χ4v) is 7.92. The van der Waals surface area contributed by atoms with Gasteiger partial charge in [-0.3, -0.25) is 14.9 Å². The molecule has 5 heteroatoms. The predicted octanol–water partition coefficient (Wildman–Crippen LogP) is 6.63. The highest BCUT2D eigenvalue weighted by molar-refractivity contribution is 5.95. The molecule has 0 aromatic rings. The van der Waals surface area contributed by atoms with Gasteiger partial charge in [0.05, 0.1) is 6.42 Å². The van der Waals surface area contributed by atoms with Crippen LogP contribution in [-0.2, 0) is 9.59 Å². The Hall–Kier alpha value is -1.52. The summed E-state index contributed by atoms with van der Waals surface area (Å²) < 4.78 is 0. The van der Waals surface area contributed by atoms with E-state index >= 15 is 0 Å². The van der Waals surface area contributed by atoms with Crippen LogP contribution in [0.4, 0.5) is 0 Å². The van der Waals surface area contributed by atoms with E-state index in [4.69, 9.17) is 0 Å². The number of nitro groups is 1. The Balaban J connectivity index is 1.86.